The molecule has 1 aromatic rings. The Morgan fingerprint density at radius 2 is 2.39 bits per heavy atom. The van der Waals surface area contributed by atoms with Crippen molar-refractivity contribution < 1.29 is 14.1 Å². The maximum Gasteiger partial charge on any atom is 0.252 e. The zero-order valence-corrected chi connectivity index (χ0v) is 11.7. The minimum Gasteiger partial charge on any atom is -0.384 e. The summed E-state index contributed by atoms with van der Waals surface area (Å²) in [6.07, 6.45) is 0. The molecule has 0 aromatic carbocycles. The molecule has 0 aliphatic carbocycles. The van der Waals surface area contributed by atoms with Crippen LogP contribution in [0.3, 0.4) is 0 Å². The Morgan fingerprint density at radius 3 is 3.06 bits per heavy atom. The van der Waals surface area contributed by atoms with Crippen molar-refractivity contribution in [2.45, 2.75) is 6.92 Å². The van der Waals surface area contributed by atoms with Gasteiger partial charge in [-0.05, 0) is 6.07 Å². The Bertz CT molecular complexity index is 485. The molecule has 0 aliphatic heterocycles. The fourth-order valence-corrected chi connectivity index (χ4v) is 2.55. The fourth-order valence-electron chi connectivity index (χ4n) is 1.17. The maximum atomic E-state index is 11.7. The van der Waals surface area contributed by atoms with E-state index in [9.17, 15) is 9.00 Å². The highest BCUT2D eigenvalue weighted by Gasteiger charge is 2.07. The van der Waals surface area contributed by atoms with Gasteiger partial charge in [-0.1, -0.05) is 18.8 Å². The number of hydrogen-bond donors (Lipinski definition) is 2. The summed E-state index contributed by atoms with van der Waals surface area (Å²) in [6.45, 7) is 2.07. The van der Waals surface area contributed by atoms with Gasteiger partial charge in [0.2, 0.25) is 0 Å². The minimum atomic E-state index is -0.861. The first-order valence-electron chi connectivity index (χ1n) is 5.48. The molecule has 1 heterocycles. The van der Waals surface area contributed by atoms with Gasteiger partial charge < -0.3 is 10.4 Å². The standard InChI is InChI=1S/C12H15NO3S2/c1-2-18(16)7-5-13-12(15)10-8-11(17-9-10)4-3-6-14/h8-9,14H,2,5-7H2,1H3,(H,13,15). The predicted molar refractivity (Wildman–Crippen MR) is 74.2 cm³/mol. The van der Waals surface area contributed by atoms with E-state index in [1.165, 1.54) is 11.3 Å². The van der Waals surface area contributed by atoms with Crippen molar-refractivity contribution in [2.24, 2.45) is 0 Å². The topological polar surface area (TPSA) is 66.4 Å². The predicted octanol–water partition coefficient (Wildman–Crippen LogP) is 0.590. The van der Waals surface area contributed by atoms with Crippen LogP contribution in [0.2, 0.25) is 0 Å². The van der Waals surface area contributed by atoms with E-state index in [0.717, 1.165) is 4.88 Å². The molecule has 0 aliphatic rings. The van der Waals surface area contributed by atoms with Crippen LogP contribution in [0.4, 0.5) is 0 Å². The molecule has 1 unspecified atom stereocenters. The number of nitrogens with one attached hydrogen (secondary N) is 1. The summed E-state index contributed by atoms with van der Waals surface area (Å²) in [5.74, 6) is 6.17. The van der Waals surface area contributed by atoms with Gasteiger partial charge in [0.1, 0.15) is 6.61 Å². The third-order valence-corrected chi connectivity index (χ3v) is 4.24. The van der Waals surface area contributed by atoms with Crippen LogP contribution < -0.4 is 5.32 Å². The Morgan fingerprint density at radius 1 is 1.61 bits per heavy atom. The van der Waals surface area contributed by atoms with Gasteiger partial charge in [-0.15, -0.1) is 11.3 Å². The van der Waals surface area contributed by atoms with Crippen molar-refractivity contribution >= 4 is 28.0 Å². The fraction of sp³-hybridized carbons (Fsp3) is 0.417. The van der Waals surface area contributed by atoms with Gasteiger partial charge in [-0.3, -0.25) is 9.00 Å². The molecule has 18 heavy (non-hydrogen) atoms. The first-order valence-corrected chi connectivity index (χ1v) is 7.85. The van der Waals surface area contributed by atoms with Crippen molar-refractivity contribution in [3.63, 3.8) is 0 Å². The summed E-state index contributed by atoms with van der Waals surface area (Å²) in [4.78, 5) is 12.4. The SMILES string of the molecule is CCS(=O)CCNC(=O)c1csc(C#CCO)c1. The normalized spacial score (nSPS) is 11.4. The Hall–Kier alpha value is -1.16. The van der Waals surface area contributed by atoms with Crippen molar-refractivity contribution in [1.82, 2.24) is 5.32 Å². The Kier molecular flexibility index (Phi) is 6.65. The van der Waals surface area contributed by atoms with Gasteiger partial charge in [0.25, 0.3) is 5.91 Å². The van der Waals surface area contributed by atoms with Gasteiger partial charge in [0.05, 0.1) is 10.4 Å². The molecule has 98 valence electrons. The summed E-state index contributed by atoms with van der Waals surface area (Å²) < 4.78 is 11.2. The Labute approximate surface area is 113 Å². The van der Waals surface area contributed by atoms with Gasteiger partial charge in [-0.2, -0.15) is 0 Å². The maximum absolute atomic E-state index is 11.7. The third kappa shape index (κ3) is 5.00. The van der Waals surface area contributed by atoms with Crippen LogP contribution in [0.15, 0.2) is 11.4 Å². The number of thiophene rings is 1. The molecule has 2 N–H and O–H groups in total. The van der Waals surface area contributed by atoms with Gasteiger partial charge in [0.15, 0.2) is 0 Å². The molecule has 0 saturated carbocycles. The van der Waals surface area contributed by atoms with Crippen LogP contribution in [0.25, 0.3) is 0 Å². The van der Waals surface area contributed by atoms with Gasteiger partial charge in [0, 0.05) is 34.2 Å². The zero-order valence-electron chi connectivity index (χ0n) is 10.1. The minimum absolute atomic E-state index is 0.184. The lowest BCUT2D eigenvalue weighted by Gasteiger charge is -2.02. The first kappa shape index (κ1) is 14.9. The highest BCUT2D eigenvalue weighted by Crippen LogP contribution is 2.13. The van der Waals surface area contributed by atoms with E-state index in [1.54, 1.807) is 11.4 Å². The molecule has 0 fully saturated rings. The van der Waals surface area contributed by atoms with E-state index < -0.39 is 10.8 Å². The van der Waals surface area contributed by atoms with Crippen molar-refractivity contribution in [1.29, 1.82) is 0 Å². The van der Waals surface area contributed by atoms with Crippen molar-refractivity contribution in [2.75, 3.05) is 24.7 Å². The molecule has 0 spiro atoms. The molecule has 1 atom stereocenters. The van der Waals surface area contributed by atoms with Crippen molar-refractivity contribution in [3.05, 3.63) is 21.9 Å². The molecular formula is C12H15NO3S2. The number of carbonyl (C=O) groups is 1. The summed E-state index contributed by atoms with van der Waals surface area (Å²) in [6, 6.07) is 1.68. The molecule has 0 saturated heterocycles. The van der Waals surface area contributed by atoms with E-state index in [0.29, 0.717) is 23.6 Å². The quantitative estimate of drug-likeness (QED) is 0.778. The zero-order chi connectivity index (χ0) is 13.4. The largest absolute Gasteiger partial charge is 0.384 e. The van der Waals surface area contributed by atoms with E-state index in [1.807, 2.05) is 6.92 Å². The van der Waals surface area contributed by atoms with E-state index >= 15 is 0 Å². The molecular weight excluding hydrogens is 270 g/mol. The first-order chi connectivity index (χ1) is 8.67. The van der Waals surface area contributed by atoms with E-state index in [-0.39, 0.29) is 12.5 Å². The second kappa shape index (κ2) is 8.03. The molecule has 6 heteroatoms. The summed E-state index contributed by atoms with van der Waals surface area (Å²) in [5, 5.41) is 13.0. The second-order valence-corrected chi connectivity index (χ2v) is 6.12. The second-order valence-electron chi connectivity index (χ2n) is 3.35. The van der Waals surface area contributed by atoms with Crippen LogP contribution >= 0.6 is 11.3 Å². The van der Waals surface area contributed by atoms with Gasteiger partial charge >= 0.3 is 0 Å². The summed E-state index contributed by atoms with van der Waals surface area (Å²) in [5.41, 5.74) is 0.546. The highest BCUT2D eigenvalue weighted by atomic mass is 32.2. The molecule has 0 radical (unpaired) electrons. The van der Waals surface area contributed by atoms with Crippen LogP contribution in [0.5, 0.6) is 0 Å². The number of hydrogen-bond acceptors (Lipinski definition) is 4. The number of amides is 1. The molecule has 4 nitrogen and oxygen atoms in total. The van der Waals surface area contributed by atoms with Gasteiger partial charge in [-0.25, -0.2) is 0 Å². The smallest absolute Gasteiger partial charge is 0.252 e. The third-order valence-electron chi connectivity index (χ3n) is 2.09. The molecule has 1 amide bonds. The molecule has 0 bridgehead atoms. The van der Waals surface area contributed by atoms with Crippen LogP contribution in [-0.4, -0.2) is 39.9 Å². The average Bonchev–Trinajstić information content (AvgIpc) is 2.84. The lowest BCUT2D eigenvalue weighted by atomic mass is 10.3. The monoisotopic (exact) mass is 285 g/mol. The lowest BCUT2D eigenvalue weighted by Crippen LogP contribution is -2.27. The number of rotatable bonds is 5. The lowest BCUT2D eigenvalue weighted by molar-refractivity contribution is 0.0956. The van der Waals surface area contributed by atoms with Crippen LogP contribution in [-0.2, 0) is 10.8 Å². The van der Waals surface area contributed by atoms with Crippen molar-refractivity contribution in [3.8, 4) is 11.8 Å². The van der Waals surface area contributed by atoms with Crippen LogP contribution in [0.1, 0.15) is 22.2 Å². The number of aliphatic hydroxyl groups excluding tert-OH is 1. The number of carbonyl (C=O) groups excluding carboxylic acids is 1. The average molecular weight is 285 g/mol. The Balaban J connectivity index is 2.47. The summed E-state index contributed by atoms with van der Waals surface area (Å²) >= 11 is 1.36. The van der Waals surface area contributed by atoms with Crippen LogP contribution in [0, 0.1) is 11.8 Å². The van der Waals surface area contributed by atoms with E-state index in [2.05, 4.69) is 17.2 Å². The molecule has 1 aromatic heterocycles. The highest BCUT2D eigenvalue weighted by molar-refractivity contribution is 7.84. The van der Waals surface area contributed by atoms with E-state index in [4.69, 9.17) is 5.11 Å². The summed E-state index contributed by atoms with van der Waals surface area (Å²) in [7, 11) is -0.861. The number of aliphatic hydroxyl groups is 1. The molecule has 1 rings (SSSR count).